The van der Waals surface area contributed by atoms with Crippen LogP contribution in [0.3, 0.4) is 0 Å². The van der Waals surface area contributed by atoms with Gasteiger partial charge in [0.15, 0.2) is 0 Å². The first-order valence-electron chi connectivity index (χ1n) is 6.98. The van der Waals surface area contributed by atoms with Crippen LogP contribution in [0.4, 0.5) is 0 Å². The minimum Gasteiger partial charge on any atom is -0.312 e. The summed E-state index contributed by atoms with van der Waals surface area (Å²) in [5.41, 5.74) is 2.19. The van der Waals surface area contributed by atoms with Crippen molar-refractivity contribution in [3.05, 3.63) is 40.5 Å². The van der Waals surface area contributed by atoms with Crippen molar-refractivity contribution < 1.29 is 0 Å². The number of benzene rings is 1. The Kier molecular flexibility index (Phi) is 5.34. The number of hydrogen-bond acceptors (Lipinski definition) is 2. The second-order valence-electron chi connectivity index (χ2n) is 4.89. The summed E-state index contributed by atoms with van der Waals surface area (Å²) in [5.74, 6) is 0. The fraction of sp³-hybridized carbons (Fsp3) is 0.438. The fourth-order valence-corrected chi connectivity index (χ4v) is 2.98. The highest BCUT2D eigenvalue weighted by Crippen LogP contribution is 2.28. The van der Waals surface area contributed by atoms with Gasteiger partial charge in [-0.2, -0.15) is 0 Å². The first kappa shape index (κ1) is 14.5. The van der Waals surface area contributed by atoms with E-state index in [1.165, 1.54) is 24.6 Å². The summed E-state index contributed by atoms with van der Waals surface area (Å²) in [6.45, 7) is 2.23. The molecule has 1 aromatic carbocycles. The Balaban J connectivity index is 2.28. The van der Waals surface area contributed by atoms with Gasteiger partial charge in [-0.1, -0.05) is 44.4 Å². The SMILES string of the molecule is CCCCCC(NC)c1nc2ccccc2cc1Br. The number of hydrogen-bond donors (Lipinski definition) is 1. The van der Waals surface area contributed by atoms with Crippen molar-refractivity contribution in [3.8, 4) is 0 Å². The van der Waals surface area contributed by atoms with Gasteiger partial charge in [-0.15, -0.1) is 0 Å². The maximum Gasteiger partial charge on any atom is 0.0722 e. The molecule has 1 unspecified atom stereocenters. The van der Waals surface area contributed by atoms with Crippen molar-refractivity contribution in [2.45, 2.75) is 38.6 Å². The van der Waals surface area contributed by atoms with Gasteiger partial charge in [0.05, 0.1) is 17.3 Å². The van der Waals surface area contributed by atoms with Gasteiger partial charge in [-0.25, -0.2) is 4.98 Å². The third-order valence-corrected chi connectivity index (χ3v) is 4.11. The van der Waals surface area contributed by atoms with E-state index in [4.69, 9.17) is 4.98 Å². The van der Waals surface area contributed by atoms with Crippen LogP contribution in [-0.2, 0) is 0 Å². The highest BCUT2D eigenvalue weighted by Gasteiger charge is 2.14. The van der Waals surface area contributed by atoms with Gasteiger partial charge in [0.25, 0.3) is 0 Å². The number of pyridine rings is 1. The molecule has 0 spiro atoms. The van der Waals surface area contributed by atoms with E-state index in [1.54, 1.807) is 0 Å². The lowest BCUT2D eigenvalue weighted by molar-refractivity contribution is 0.501. The standard InChI is InChI=1S/C16H21BrN2/c1-3-4-5-10-15(18-2)16-13(17)11-12-8-6-7-9-14(12)19-16/h6-9,11,15,18H,3-5,10H2,1-2H3. The molecule has 0 aliphatic carbocycles. The van der Waals surface area contributed by atoms with Crippen LogP contribution in [0.1, 0.15) is 44.3 Å². The summed E-state index contributed by atoms with van der Waals surface area (Å²) < 4.78 is 1.10. The second-order valence-corrected chi connectivity index (χ2v) is 5.74. The lowest BCUT2D eigenvalue weighted by Gasteiger charge is -2.17. The van der Waals surface area contributed by atoms with E-state index >= 15 is 0 Å². The zero-order chi connectivity index (χ0) is 13.7. The third-order valence-electron chi connectivity index (χ3n) is 3.48. The Hall–Kier alpha value is -0.930. The fourth-order valence-electron chi connectivity index (χ4n) is 2.37. The van der Waals surface area contributed by atoms with E-state index in [0.717, 1.165) is 22.1 Å². The lowest BCUT2D eigenvalue weighted by atomic mass is 10.0. The minimum absolute atomic E-state index is 0.325. The number of fused-ring (bicyclic) bond motifs is 1. The molecule has 2 aromatic rings. The Morgan fingerprint density at radius 2 is 2.05 bits per heavy atom. The molecule has 0 aliphatic heterocycles. The lowest BCUT2D eigenvalue weighted by Crippen LogP contribution is -2.18. The molecular formula is C16H21BrN2. The molecule has 1 N–H and O–H groups in total. The Morgan fingerprint density at radius 3 is 2.79 bits per heavy atom. The highest BCUT2D eigenvalue weighted by molar-refractivity contribution is 9.10. The highest BCUT2D eigenvalue weighted by atomic mass is 79.9. The van der Waals surface area contributed by atoms with Crippen molar-refractivity contribution in [2.24, 2.45) is 0 Å². The summed E-state index contributed by atoms with van der Waals surface area (Å²) in [6.07, 6.45) is 4.91. The van der Waals surface area contributed by atoms with E-state index in [0.29, 0.717) is 6.04 Å². The number of nitrogens with one attached hydrogen (secondary N) is 1. The maximum absolute atomic E-state index is 4.82. The first-order chi connectivity index (χ1) is 9.26. The number of aromatic nitrogens is 1. The molecule has 1 atom stereocenters. The molecule has 2 nitrogen and oxygen atoms in total. The van der Waals surface area contributed by atoms with Crippen LogP contribution in [-0.4, -0.2) is 12.0 Å². The zero-order valence-corrected chi connectivity index (χ0v) is 13.2. The van der Waals surface area contributed by atoms with Crippen molar-refractivity contribution in [3.63, 3.8) is 0 Å². The molecule has 19 heavy (non-hydrogen) atoms. The molecule has 0 bridgehead atoms. The smallest absolute Gasteiger partial charge is 0.0722 e. The second kappa shape index (κ2) is 7.01. The topological polar surface area (TPSA) is 24.9 Å². The predicted molar refractivity (Wildman–Crippen MR) is 85.4 cm³/mol. The van der Waals surface area contributed by atoms with Crippen LogP contribution in [0.25, 0.3) is 10.9 Å². The van der Waals surface area contributed by atoms with E-state index < -0.39 is 0 Å². The number of unbranched alkanes of at least 4 members (excludes halogenated alkanes) is 2. The number of rotatable bonds is 6. The maximum atomic E-state index is 4.82. The normalized spacial score (nSPS) is 12.8. The molecule has 1 aromatic heterocycles. The number of halogens is 1. The molecule has 2 rings (SSSR count). The van der Waals surface area contributed by atoms with Crippen LogP contribution in [0.5, 0.6) is 0 Å². The molecule has 0 amide bonds. The summed E-state index contributed by atoms with van der Waals surface area (Å²) in [5, 5.41) is 4.57. The molecule has 102 valence electrons. The van der Waals surface area contributed by atoms with Crippen LogP contribution >= 0.6 is 15.9 Å². The van der Waals surface area contributed by atoms with Crippen molar-refractivity contribution in [2.75, 3.05) is 7.05 Å². The van der Waals surface area contributed by atoms with Crippen LogP contribution < -0.4 is 5.32 Å². The predicted octanol–water partition coefficient (Wildman–Crippen LogP) is 4.84. The van der Waals surface area contributed by atoms with Gasteiger partial charge >= 0.3 is 0 Å². The van der Waals surface area contributed by atoms with E-state index in [-0.39, 0.29) is 0 Å². The van der Waals surface area contributed by atoms with E-state index in [2.05, 4.69) is 46.4 Å². The number of nitrogens with zero attached hydrogens (tertiary/aromatic N) is 1. The van der Waals surface area contributed by atoms with Gasteiger partial charge in [-0.05, 0) is 41.5 Å². The molecule has 3 heteroatoms. The van der Waals surface area contributed by atoms with Crippen LogP contribution in [0.15, 0.2) is 34.8 Å². The summed E-state index contributed by atoms with van der Waals surface area (Å²) in [6, 6.07) is 10.8. The monoisotopic (exact) mass is 320 g/mol. The Labute approximate surface area is 123 Å². The van der Waals surface area contributed by atoms with Crippen molar-refractivity contribution in [1.29, 1.82) is 0 Å². The van der Waals surface area contributed by atoms with E-state index in [1.807, 2.05) is 19.2 Å². The molecular weight excluding hydrogens is 300 g/mol. The molecule has 0 saturated carbocycles. The van der Waals surface area contributed by atoms with Crippen LogP contribution in [0.2, 0.25) is 0 Å². The van der Waals surface area contributed by atoms with Gasteiger partial charge in [0.1, 0.15) is 0 Å². The summed E-state index contributed by atoms with van der Waals surface area (Å²) in [4.78, 5) is 4.82. The average Bonchev–Trinajstić information content (AvgIpc) is 2.43. The van der Waals surface area contributed by atoms with Crippen molar-refractivity contribution in [1.82, 2.24) is 10.3 Å². The summed E-state index contributed by atoms with van der Waals surface area (Å²) >= 11 is 3.67. The van der Waals surface area contributed by atoms with Gasteiger partial charge in [0, 0.05) is 9.86 Å². The quantitative estimate of drug-likeness (QED) is 0.770. The number of para-hydroxylation sites is 1. The average molecular weight is 321 g/mol. The Morgan fingerprint density at radius 1 is 1.26 bits per heavy atom. The van der Waals surface area contributed by atoms with Crippen LogP contribution in [0, 0.1) is 0 Å². The largest absolute Gasteiger partial charge is 0.312 e. The van der Waals surface area contributed by atoms with Gasteiger partial charge < -0.3 is 5.32 Å². The Bertz CT molecular complexity index is 539. The molecule has 0 radical (unpaired) electrons. The molecule has 0 saturated heterocycles. The third kappa shape index (κ3) is 3.54. The van der Waals surface area contributed by atoms with Gasteiger partial charge in [-0.3, -0.25) is 0 Å². The zero-order valence-electron chi connectivity index (χ0n) is 11.6. The first-order valence-corrected chi connectivity index (χ1v) is 7.78. The molecule has 0 aliphatic rings. The van der Waals surface area contributed by atoms with Crippen molar-refractivity contribution >= 4 is 26.8 Å². The molecule has 1 heterocycles. The summed E-state index contributed by atoms with van der Waals surface area (Å²) in [7, 11) is 2.01. The van der Waals surface area contributed by atoms with Gasteiger partial charge in [0.2, 0.25) is 0 Å². The van der Waals surface area contributed by atoms with E-state index in [9.17, 15) is 0 Å². The molecule has 0 fully saturated rings. The minimum atomic E-state index is 0.325.